The van der Waals surface area contributed by atoms with Crippen LogP contribution in [0.4, 0.5) is 4.79 Å². The lowest BCUT2D eigenvalue weighted by Crippen LogP contribution is -2.53. The molecule has 0 saturated carbocycles. The highest BCUT2D eigenvalue weighted by molar-refractivity contribution is 5.67. The molecule has 1 heterocycles. The molecule has 0 radical (unpaired) electrons. The van der Waals surface area contributed by atoms with Gasteiger partial charge in [-0.2, -0.15) is 0 Å². The molecule has 3 rings (SSSR count). The van der Waals surface area contributed by atoms with Gasteiger partial charge in [0.15, 0.2) is 0 Å². The molecule has 1 fully saturated rings. The van der Waals surface area contributed by atoms with Crippen LogP contribution in [0, 0.1) is 6.92 Å². The number of carbonyl (C=O) groups excluding carboxylic acids is 1. The van der Waals surface area contributed by atoms with Gasteiger partial charge in [-0.25, -0.2) is 4.79 Å². The van der Waals surface area contributed by atoms with Crippen LogP contribution in [0.2, 0.25) is 0 Å². The summed E-state index contributed by atoms with van der Waals surface area (Å²) in [6.45, 7) is 4.90. The fraction of sp³-hybridized carbons (Fsp3) is 0.409. The molecule has 1 N–H and O–H groups in total. The first kappa shape index (κ1) is 20.0. The van der Waals surface area contributed by atoms with Gasteiger partial charge in [-0.15, -0.1) is 0 Å². The first-order chi connectivity index (χ1) is 13.7. The Labute approximate surface area is 166 Å². The molecule has 0 unspecified atom stereocenters. The number of ether oxygens (including phenoxy) is 3. The van der Waals surface area contributed by atoms with Gasteiger partial charge in [0.2, 0.25) is 0 Å². The van der Waals surface area contributed by atoms with E-state index in [9.17, 15) is 4.79 Å². The first-order valence-electron chi connectivity index (χ1n) is 9.62. The standard InChI is InChI=1S/C22H28N2O4/c1-17-8-9-20(26-2)14-21(17)27-13-10-19-15-24(12-11-23-19)22(25)28-16-18-6-4-3-5-7-18/h3-9,14,19,23H,10-13,15-16H2,1-2H3/t19-/m1/s1. The Morgan fingerprint density at radius 3 is 2.82 bits per heavy atom. The lowest BCUT2D eigenvalue weighted by molar-refractivity contribution is 0.0827. The van der Waals surface area contributed by atoms with E-state index in [-0.39, 0.29) is 12.1 Å². The third-order valence-corrected chi connectivity index (χ3v) is 4.84. The van der Waals surface area contributed by atoms with E-state index in [2.05, 4.69) is 5.32 Å². The Bertz CT molecular complexity index is 766. The van der Waals surface area contributed by atoms with Crippen molar-refractivity contribution in [1.82, 2.24) is 10.2 Å². The van der Waals surface area contributed by atoms with Crippen LogP contribution in [0.3, 0.4) is 0 Å². The average molecular weight is 384 g/mol. The van der Waals surface area contributed by atoms with Crippen LogP contribution in [-0.4, -0.2) is 50.4 Å². The number of methoxy groups -OCH3 is 1. The van der Waals surface area contributed by atoms with Crippen molar-refractivity contribution in [3.05, 3.63) is 59.7 Å². The van der Waals surface area contributed by atoms with Gasteiger partial charge in [0.25, 0.3) is 0 Å². The van der Waals surface area contributed by atoms with Crippen LogP contribution in [0.1, 0.15) is 17.5 Å². The van der Waals surface area contributed by atoms with Crippen molar-refractivity contribution >= 4 is 6.09 Å². The molecular formula is C22H28N2O4. The number of hydrogen-bond donors (Lipinski definition) is 1. The summed E-state index contributed by atoms with van der Waals surface area (Å²) in [5.41, 5.74) is 2.06. The number of nitrogens with zero attached hydrogens (tertiary/aromatic N) is 1. The summed E-state index contributed by atoms with van der Waals surface area (Å²) in [6.07, 6.45) is 0.541. The van der Waals surface area contributed by atoms with Crippen molar-refractivity contribution < 1.29 is 19.0 Å². The lowest BCUT2D eigenvalue weighted by Gasteiger charge is -2.33. The summed E-state index contributed by atoms with van der Waals surface area (Å²) >= 11 is 0. The van der Waals surface area contributed by atoms with E-state index < -0.39 is 0 Å². The van der Waals surface area contributed by atoms with Crippen molar-refractivity contribution in [3.63, 3.8) is 0 Å². The van der Waals surface area contributed by atoms with Gasteiger partial charge in [0.1, 0.15) is 18.1 Å². The van der Waals surface area contributed by atoms with Gasteiger partial charge in [-0.3, -0.25) is 0 Å². The predicted molar refractivity (Wildman–Crippen MR) is 108 cm³/mol. The minimum absolute atomic E-state index is 0.184. The second-order valence-electron chi connectivity index (χ2n) is 6.91. The molecule has 6 nitrogen and oxygen atoms in total. The van der Waals surface area contributed by atoms with Crippen molar-refractivity contribution in [3.8, 4) is 11.5 Å². The van der Waals surface area contributed by atoms with Crippen LogP contribution >= 0.6 is 0 Å². The molecule has 1 atom stereocenters. The first-order valence-corrected chi connectivity index (χ1v) is 9.62. The molecule has 1 aliphatic heterocycles. The molecule has 1 aliphatic rings. The summed E-state index contributed by atoms with van der Waals surface area (Å²) in [5.74, 6) is 1.61. The van der Waals surface area contributed by atoms with Crippen LogP contribution in [-0.2, 0) is 11.3 Å². The number of benzene rings is 2. The largest absolute Gasteiger partial charge is 0.497 e. The second-order valence-corrected chi connectivity index (χ2v) is 6.91. The van der Waals surface area contributed by atoms with Crippen LogP contribution in [0.15, 0.2) is 48.5 Å². The third kappa shape index (κ3) is 5.63. The van der Waals surface area contributed by atoms with Gasteiger partial charge in [0, 0.05) is 31.7 Å². The molecule has 2 aromatic carbocycles. The smallest absolute Gasteiger partial charge is 0.410 e. The van der Waals surface area contributed by atoms with Gasteiger partial charge in [-0.05, 0) is 30.5 Å². The highest BCUT2D eigenvalue weighted by Crippen LogP contribution is 2.24. The van der Waals surface area contributed by atoms with Crippen molar-refractivity contribution in [2.75, 3.05) is 33.4 Å². The van der Waals surface area contributed by atoms with Gasteiger partial charge in [-0.1, -0.05) is 36.4 Å². The van der Waals surface area contributed by atoms with Crippen LogP contribution < -0.4 is 14.8 Å². The van der Waals surface area contributed by atoms with Crippen LogP contribution in [0.5, 0.6) is 11.5 Å². The summed E-state index contributed by atoms with van der Waals surface area (Å²) in [5, 5.41) is 3.45. The molecule has 28 heavy (non-hydrogen) atoms. The number of rotatable bonds is 7. The van der Waals surface area contributed by atoms with E-state index in [1.165, 1.54) is 0 Å². The maximum atomic E-state index is 12.4. The Balaban J connectivity index is 1.44. The molecule has 1 saturated heterocycles. The van der Waals surface area contributed by atoms with Gasteiger partial charge >= 0.3 is 6.09 Å². The summed E-state index contributed by atoms with van der Waals surface area (Å²) < 4.78 is 16.6. The van der Waals surface area contributed by atoms with E-state index in [1.807, 2.05) is 55.5 Å². The average Bonchev–Trinajstić information content (AvgIpc) is 2.74. The van der Waals surface area contributed by atoms with Crippen molar-refractivity contribution in [2.24, 2.45) is 0 Å². The minimum Gasteiger partial charge on any atom is -0.497 e. The molecule has 0 spiro atoms. The molecule has 2 aromatic rings. The topological polar surface area (TPSA) is 60.0 Å². The van der Waals surface area contributed by atoms with E-state index in [1.54, 1.807) is 12.0 Å². The highest BCUT2D eigenvalue weighted by Gasteiger charge is 2.24. The van der Waals surface area contributed by atoms with E-state index in [4.69, 9.17) is 14.2 Å². The van der Waals surface area contributed by atoms with E-state index >= 15 is 0 Å². The number of amides is 1. The van der Waals surface area contributed by atoms with E-state index in [0.717, 1.165) is 35.6 Å². The number of aryl methyl sites for hydroxylation is 1. The monoisotopic (exact) mass is 384 g/mol. The maximum Gasteiger partial charge on any atom is 0.410 e. The Kier molecular flexibility index (Phi) is 7.14. The zero-order chi connectivity index (χ0) is 19.8. The maximum absolute atomic E-state index is 12.4. The lowest BCUT2D eigenvalue weighted by atomic mass is 10.1. The second kappa shape index (κ2) is 9.99. The molecule has 1 amide bonds. The Morgan fingerprint density at radius 2 is 2.04 bits per heavy atom. The van der Waals surface area contributed by atoms with Gasteiger partial charge in [0.05, 0.1) is 13.7 Å². The zero-order valence-corrected chi connectivity index (χ0v) is 16.5. The highest BCUT2D eigenvalue weighted by atomic mass is 16.6. The zero-order valence-electron chi connectivity index (χ0n) is 16.5. The summed E-state index contributed by atoms with van der Waals surface area (Å²) in [4.78, 5) is 14.1. The SMILES string of the molecule is COc1ccc(C)c(OCC[C@@H]2CN(C(=O)OCc3ccccc3)CCN2)c1. The number of nitrogens with one attached hydrogen (secondary N) is 1. The van der Waals surface area contributed by atoms with Crippen molar-refractivity contribution in [1.29, 1.82) is 0 Å². The molecule has 150 valence electrons. The van der Waals surface area contributed by atoms with Crippen molar-refractivity contribution in [2.45, 2.75) is 26.0 Å². The van der Waals surface area contributed by atoms with Gasteiger partial charge < -0.3 is 24.4 Å². The minimum atomic E-state index is -0.264. The molecule has 0 bridgehead atoms. The molecule has 0 aliphatic carbocycles. The fourth-order valence-electron chi connectivity index (χ4n) is 3.17. The van der Waals surface area contributed by atoms with E-state index in [0.29, 0.717) is 26.3 Å². The fourth-order valence-corrected chi connectivity index (χ4v) is 3.17. The van der Waals surface area contributed by atoms with Crippen LogP contribution in [0.25, 0.3) is 0 Å². The molecule has 6 heteroatoms. The number of hydrogen-bond acceptors (Lipinski definition) is 5. The molecule has 0 aromatic heterocycles. The quantitative estimate of drug-likeness (QED) is 0.793. The molecular weight excluding hydrogens is 356 g/mol. The third-order valence-electron chi connectivity index (χ3n) is 4.84. The number of piperazine rings is 1. The Morgan fingerprint density at radius 1 is 1.21 bits per heavy atom. The summed E-state index contributed by atoms with van der Waals surface area (Å²) in [7, 11) is 1.64. The number of carbonyl (C=O) groups is 1. The Hall–Kier alpha value is -2.73. The normalized spacial score (nSPS) is 16.5. The summed E-state index contributed by atoms with van der Waals surface area (Å²) in [6, 6.07) is 15.7. The predicted octanol–water partition coefficient (Wildman–Crippen LogP) is 3.38.